The van der Waals surface area contributed by atoms with Crippen LogP contribution in [0, 0.1) is 11.8 Å². The minimum Gasteiger partial charge on any atom is -0.497 e. The van der Waals surface area contributed by atoms with Gasteiger partial charge in [-0.2, -0.15) is 11.3 Å². The van der Waals surface area contributed by atoms with Gasteiger partial charge >= 0.3 is 5.97 Å². The number of carboxylic acid groups (broad SMARTS) is 1. The highest BCUT2D eigenvalue weighted by Gasteiger charge is 2.34. The van der Waals surface area contributed by atoms with Crippen LogP contribution in [0.1, 0.15) is 49.4 Å². The minimum absolute atomic E-state index is 0.000411. The van der Waals surface area contributed by atoms with Crippen molar-refractivity contribution in [2.75, 3.05) is 26.7 Å². The standard InChI is InChI=1S/C27H33FN2O3S/c1-33-21-6-8-26-23(16-21)22(9-12-29-26)25(28)7-5-20-10-14-30(17-24(20)27(31)32)13-3-2-4-19-11-15-34-18-19/h6,8-9,11-12,15-16,18,20,24-25H,2-5,7,10,13-14,17H2,1H3,(H,31,32)/t20-,24+,25?/m1/s1. The average Bonchev–Trinajstić information content (AvgIpc) is 3.38. The third-order valence-electron chi connectivity index (χ3n) is 7.04. The van der Waals surface area contributed by atoms with Crippen molar-refractivity contribution in [1.82, 2.24) is 9.88 Å². The first-order chi connectivity index (χ1) is 16.5. The summed E-state index contributed by atoms with van der Waals surface area (Å²) in [7, 11) is 1.59. The molecule has 0 spiro atoms. The number of rotatable bonds is 11. The highest BCUT2D eigenvalue weighted by atomic mass is 32.1. The van der Waals surface area contributed by atoms with E-state index in [0.29, 0.717) is 30.7 Å². The fourth-order valence-electron chi connectivity index (χ4n) is 5.06. The number of carboxylic acids is 1. The number of ether oxygens (including phenoxy) is 1. The van der Waals surface area contributed by atoms with Gasteiger partial charge < -0.3 is 14.7 Å². The number of unbranched alkanes of at least 4 members (excludes halogenated alkanes) is 1. The molecule has 0 radical (unpaired) electrons. The maximum absolute atomic E-state index is 15.4. The zero-order valence-corrected chi connectivity index (χ0v) is 20.5. The van der Waals surface area contributed by atoms with E-state index in [1.165, 1.54) is 5.56 Å². The lowest BCUT2D eigenvalue weighted by molar-refractivity contribution is -0.146. The van der Waals surface area contributed by atoms with Crippen molar-refractivity contribution in [3.63, 3.8) is 0 Å². The molecule has 3 aromatic rings. The lowest BCUT2D eigenvalue weighted by atomic mass is 9.81. The van der Waals surface area contributed by atoms with E-state index >= 15 is 4.39 Å². The second kappa shape index (κ2) is 11.8. The van der Waals surface area contributed by atoms with Crippen LogP contribution in [-0.4, -0.2) is 47.7 Å². The normalized spacial score (nSPS) is 19.8. The number of hydrogen-bond acceptors (Lipinski definition) is 5. The molecule has 0 aliphatic carbocycles. The number of nitrogens with zero attached hydrogens (tertiary/aromatic N) is 2. The Morgan fingerprint density at radius 1 is 1.32 bits per heavy atom. The van der Waals surface area contributed by atoms with Gasteiger partial charge in [-0.25, -0.2) is 4.39 Å². The highest BCUT2D eigenvalue weighted by Crippen LogP contribution is 2.35. The lowest BCUT2D eigenvalue weighted by Crippen LogP contribution is -2.44. The monoisotopic (exact) mass is 484 g/mol. The Balaban J connectivity index is 1.31. The fraction of sp³-hybridized carbons (Fsp3) is 0.481. The number of hydrogen-bond donors (Lipinski definition) is 1. The fourth-order valence-corrected chi connectivity index (χ4v) is 5.76. The number of piperidine rings is 1. The number of methoxy groups -OCH3 is 1. The number of pyridine rings is 1. The quantitative estimate of drug-likeness (QED) is 0.331. The van der Waals surface area contributed by atoms with E-state index < -0.39 is 18.1 Å². The summed E-state index contributed by atoms with van der Waals surface area (Å²) in [6.07, 6.45) is 5.41. The summed E-state index contributed by atoms with van der Waals surface area (Å²) >= 11 is 1.73. The molecule has 1 fully saturated rings. The molecule has 2 aromatic heterocycles. The third-order valence-corrected chi connectivity index (χ3v) is 7.77. The Labute approximate surface area is 204 Å². The van der Waals surface area contributed by atoms with E-state index in [0.717, 1.165) is 49.7 Å². The maximum Gasteiger partial charge on any atom is 0.308 e. The Bertz CT molecular complexity index is 1070. The number of thiophene rings is 1. The van der Waals surface area contributed by atoms with Gasteiger partial charge in [0, 0.05) is 18.1 Å². The molecule has 3 atom stereocenters. The van der Waals surface area contributed by atoms with E-state index in [9.17, 15) is 9.90 Å². The summed E-state index contributed by atoms with van der Waals surface area (Å²) in [5, 5.41) is 14.9. The molecule has 5 nitrogen and oxygen atoms in total. The number of carbonyl (C=O) groups is 1. The lowest BCUT2D eigenvalue weighted by Gasteiger charge is -2.37. The van der Waals surface area contributed by atoms with Crippen molar-refractivity contribution in [1.29, 1.82) is 0 Å². The molecule has 34 heavy (non-hydrogen) atoms. The van der Waals surface area contributed by atoms with Crippen LogP contribution < -0.4 is 4.74 Å². The van der Waals surface area contributed by atoms with Crippen molar-refractivity contribution in [3.8, 4) is 5.75 Å². The van der Waals surface area contributed by atoms with E-state index in [-0.39, 0.29) is 5.92 Å². The zero-order valence-electron chi connectivity index (χ0n) is 19.7. The number of aromatic nitrogens is 1. The number of halogens is 1. The van der Waals surface area contributed by atoms with Crippen LogP contribution in [-0.2, 0) is 11.2 Å². The van der Waals surface area contributed by atoms with Crippen molar-refractivity contribution in [3.05, 3.63) is 58.4 Å². The van der Waals surface area contributed by atoms with Crippen LogP contribution in [0.15, 0.2) is 47.3 Å². The van der Waals surface area contributed by atoms with Gasteiger partial charge in [0.2, 0.25) is 0 Å². The van der Waals surface area contributed by atoms with Crippen molar-refractivity contribution < 1.29 is 19.0 Å². The van der Waals surface area contributed by atoms with Gasteiger partial charge in [0.05, 0.1) is 18.5 Å². The number of aliphatic carboxylic acids is 1. The van der Waals surface area contributed by atoms with E-state index in [2.05, 4.69) is 26.7 Å². The Morgan fingerprint density at radius 2 is 2.21 bits per heavy atom. The number of aryl methyl sites for hydroxylation is 1. The third kappa shape index (κ3) is 6.13. The molecule has 0 saturated carbocycles. The molecule has 0 bridgehead atoms. The van der Waals surface area contributed by atoms with Gasteiger partial charge in [-0.05, 0) is 110 Å². The van der Waals surface area contributed by atoms with Gasteiger partial charge in [-0.3, -0.25) is 9.78 Å². The molecular weight excluding hydrogens is 451 g/mol. The molecule has 4 rings (SSSR count). The largest absolute Gasteiger partial charge is 0.497 e. The molecule has 0 amide bonds. The smallest absolute Gasteiger partial charge is 0.308 e. The number of benzene rings is 1. The SMILES string of the molecule is COc1ccc2nccc(C(F)CC[C@@H]3CCN(CCCCc4ccsc4)C[C@@H]3C(=O)O)c2c1. The second-order valence-electron chi connectivity index (χ2n) is 9.21. The molecule has 1 saturated heterocycles. The molecule has 182 valence electrons. The van der Waals surface area contributed by atoms with E-state index in [4.69, 9.17) is 4.74 Å². The summed E-state index contributed by atoms with van der Waals surface area (Å²) < 4.78 is 20.7. The van der Waals surface area contributed by atoms with Gasteiger partial charge in [-0.15, -0.1) is 0 Å². The van der Waals surface area contributed by atoms with Gasteiger partial charge in [0.25, 0.3) is 0 Å². The summed E-state index contributed by atoms with van der Waals surface area (Å²) in [6.45, 7) is 2.38. The molecule has 1 aromatic carbocycles. The first-order valence-corrected chi connectivity index (χ1v) is 13.0. The highest BCUT2D eigenvalue weighted by molar-refractivity contribution is 7.07. The molecule has 1 aliphatic rings. The van der Waals surface area contributed by atoms with Crippen LogP contribution in [0.5, 0.6) is 5.75 Å². The first-order valence-electron chi connectivity index (χ1n) is 12.1. The molecule has 1 unspecified atom stereocenters. The molecular formula is C27H33FN2O3S. The molecule has 1 aliphatic heterocycles. The van der Waals surface area contributed by atoms with E-state index in [1.54, 1.807) is 30.7 Å². The van der Waals surface area contributed by atoms with Crippen LogP contribution >= 0.6 is 11.3 Å². The Hall–Kier alpha value is -2.51. The number of alkyl halides is 1. The second-order valence-corrected chi connectivity index (χ2v) is 9.99. The first kappa shape index (κ1) is 24.6. The molecule has 7 heteroatoms. The van der Waals surface area contributed by atoms with Crippen LogP contribution in [0.3, 0.4) is 0 Å². The minimum atomic E-state index is -1.16. The van der Waals surface area contributed by atoms with Crippen LogP contribution in [0.2, 0.25) is 0 Å². The number of fused-ring (bicyclic) bond motifs is 1. The van der Waals surface area contributed by atoms with Gasteiger partial charge in [0.15, 0.2) is 0 Å². The van der Waals surface area contributed by atoms with Gasteiger partial charge in [0.1, 0.15) is 11.9 Å². The van der Waals surface area contributed by atoms with Crippen LogP contribution in [0.4, 0.5) is 4.39 Å². The molecule has 3 heterocycles. The Kier molecular flexibility index (Phi) is 8.51. The summed E-state index contributed by atoms with van der Waals surface area (Å²) in [5.74, 6) is -0.530. The average molecular weight is 485 g/mol. The van der Waals surface area contributed by atoms with Crippen LogP contribution in [0.25, 0.3) is 10.9 Å². The summed E-state index contributed by atoms with van der Waals surface area (Å²) in [6, 6.07) is 9.36. The van der Waals surface area contributed by atoms with Crippen molar-refractivity contribution in [2.24, 2.45) is 11.8 Å². The topological polar surface area (TPSA) is 62.7 Å². The molecule has 1 N–H and O–H groups in total. The Morgan fingerprint density at radius 3 is 2.97 bits per heavy atom. The zero-order chi connectivity index (χ0) is 23.9. The summed E-state index contributed by atoms with van der Waals surface area (Å²) in [4.78, 5) is 18.6. The van der Waals surface area contributed by atoms with E-state index in [1.807, 2.05) is 18.2 Å². The van der Waals surface area contributed by atoms with Crippen molar-refractivity contribution in [2.45, 2.75) is 44.7 Å². The summed E-state index contributed by atoms with van der Waals surface area (Å²) in [5.41, 5.74) is 2.71. The predicted octanol–water partition coefficient (Wildman–Crippen LogP) is 6.14. The predicted molar refractivity (Wildman–Crippen MR) is 134 cm³/mol. The maximum atomic E-state index is 15.4. The van der Waals surface area contributed by atoms with Gasteiger partial charge in [-0.1, -0.05) is 0 Å². The van der Waals surface area contributed by atoms with Crippen molar-refractivity contribution >= 4 is 28.2 Å². The number of likely N-dealkylation sites (tertiary alicyclic amines) is 1.